The van der Waals surface area contributed by atoms with Crippen LogP contribution in [0.5, 0.6) is 0 Å². The average molecular weight is 283 g/mol. The molecular weight excluding hydrogens is 274 g/mol. The van der Waals surface area contributed by atoms with E-state index >= 15 is 0 Å². The highest BCUT2D eigenvalue weighted by atomic mass is 16.4. The number of para-hydroxylation sites is 1. The van der Waals surface area contributed by atoms with E-state index in [2.05, 4.69) is 15.1 Å². The molecule has 0 atom stereocenters. The molecule has 8 heteroatoms. The summed E-state index contributed by atoms with van der Waals surface area (Å²) in [6, 6.07) is 6.92. The van der Waals surface area contributed by atoms with Gasteiger partial charge in [0.25, 0.3) is 5.91 Å². The van der Waals surface area contributed by atoms with E-state index in [9.17, 15) is 9.59 Å². The molecule has 104 valence electrons. The zero-order valence-electron chi connectivity index (χ0n) is 10.6. The number of aromatic carboxylic acids is 1. The Morgan fingerprint density at radius 1 is 1.19 bits per heavy atom. The van der Waals surface area contributed by atoms with Gasteiger partial charge in [0, 0.05) is 11.6 Å². The van der Waals surface area contributed by atoms with Crippen molar-refractivity contribution >= 4 is 22.8 Å². The monoisotopic (exact) mass is 283 g/mol. The highest BCUT2D eigenvalue weighted by Crippen LogP contribution is 2.19. The summed E-state index contributed by atoms with van der Waals surface area (Å²) in [4.78, 5) is 30.2. The van der Waals surface area contributed by atoms with Crippen molar-refractivity contribution in [3.8, 4) is 5.82 Å². The van der Waals surface area contributed by atoms with E-state index in [0.717, 1.165) is 0 Å². The Bertz CT molecular complexity index is 871. The SMILES string of the molecule is NC(=O)c1cnn(-c2nc(C(=O)O)nc3ccccc23)c1. The molecule has 0 radical (unpaired) electrons. The van der Waals surface area contributed by atoms with Crippen LogP contribution < -0.4 is 5.73 Å². The molecular formula is C13H9N5O3. The van der Waals surface area contributed by atoms with Crippen LogP contribution in [0.1, 0.15) is 21.0 Å². The Balaban J connectivity index is 2.28. The summed E-state index contributed by atoms with van der Waals surface area (Å²) in [5.41, 5.74) is 5.85. The maximum Gasteiger partial charge on any atom is 0.374 e. The van der Waals surface area contributed by atoms with Crippen molar-refractivity contribution in [1.29, 1.82) is 0 Å². The van der Waals surface area contributed by atoms with Gasteiger partial charge in [0.2, 0.25) is 5.82 Å². The number of nitrogens with zero attached hydrogens (tertiary/aromatic N) is 4. The first-order valence-electron chi connectivity index (χ1n) is 5.91. The summed E-state index contributed by atoms with van der Waals surface area (Å²) in [5.74, 6) is -1.95. The van der Waals surface area contributed by atoms with Crippen molar-refractivity contribution < 1.29 is 14.7 Å². The number of amides is 1. The smallest absolute Gasteiger partial charge is 0.374 e. The fraction of sp³-hybridized carbons (Fsp3) is 0. The minimum atomic E-state index is -1.25. The van der Waals surface area contributed by atoms with E-state index in [4.69, 9.17) is 10.8 Å². The number of hydrogen-bond acceptors (Lipinski definition) is 5. The van der Waals surface area contributed by atoms with Gasteiger partial charge in [-0.1, -0.05) is 12.1 Å². The van der Waals surface area contributed by atoms with Crippen LogP contribution in [-0.2, 0) is 0 Å². The lowest BCUT2D eigenvalue weighted by atomic mass is 10.2. The van der Waals surface area contributed by atoms with E-state index in [1.54, 1.807) is 24.3 Å². The van der Waals surface area contributed by atoms with Gasteiger partial charge in [-0.25, -0.2) is 19.4 Å². The van der Waals surface area contributed by atoms with Crippen LogP contribution in [0.4, 0.5) is 0 Å². The number of hydrogen-bond donors (Lipinski definition) is 2. The third-order valence-corrected chi connectivity index (χ3v) is 2.86. The zero-order valence-corrected chi connectivity index (χ0v) is 10.6. The lowest BCUT2D eigenvalue weighted by Crippen LogP contribution is -2.11. The van der Waals surface area contributed by atoms with Crippen LogP contribution in [0.2, 0.25) is 0 Å². The number of carbonyl (C=O) groups is 2. The summed E-state index contributed by atoms with van der Waals surface area (Å²) in [5, 5.41) is 13.7. The molecule has 0 aliphatic heterocycles. The summed E-state index contributed by atoms with van der Waals surface area (Å²) in [7, 11) is 0. The molecule has 0 saturated carbocycles. The summed E-state index contributed by atoms with van der Waals surface area (Å²) < 4.78 is 1.30. The standard InChI is InChI=1S/C13H9N5O3/c14-10(19)7-5-15-18(6-7)12-8-3-1-2-4-9(8)16-11(17-12)13(20)21/h1-6H,(H2,14,19)(H,20,21). The van der Waals surface area contributed by atoms with Crippen LogP contribution >= 0.6 is 0 Å². The molecule has 0 saturated heterocycles. The van der Waals surface area contributed by atoms with Crippen molar-refractivity contribution in [2.24, 2.45) is 5.73 Å². The highest BCUT2D eigenvalue weighted by molar-refractivity contribution is 5.93. The lowest BCUT2D eigenvalue weighted by molar-refractivity contribution is 0.0683. The molecule has 2 heterocycles. The summed E-state index contributed by atoms with van der Waals surface area (Å²) >= 11 is 0. The van der Waals surface area contributed by atoms with Gasteiger partial charge in [-0.2, -0.15) is 5.10 Å². The van der Waals surface area contributed by atoms with Crippen molar-refractivity contribution in [2.45, 2.75) is 0 Å². The molecule has 3 aromatic rings. The molecule has 0 bridgehead atoms. The Morgan fingerprint density at radius 3 is 2.62 bits per heavy atom. The van der Waals surface area contributed by atoms with Gasteiger partial charge in [0.1, 0.15) is 0 Å². The summed E-state index contributed by atoms with van der Waals surface area (Å²) in [6.07, 6.45) is 2.68. The maximum absolute atomic E-state index is 11.1. The van der Waals surface area contributed by atoms with Crippen molar-refractivity contribution in [3.05, 3.63) is 48.0 Å². The second kappa shape index (κ2) is 4.67. The van der Waals surface area contributed by atoms with Crippen LogP contribution in [-0.4, -0.2) is 36.7 Å². The number of aromatic nitrogens is 4. The summed E-state index contributed by atoms with van der Waals surface area (Å²) in [6.45, 7) is 0. The predicted molar refractivity (Wildman–Crippen MR) is 72.1 cm³/mol. The average Bonchev–Trinajstić information content (AvgIpc) is 2.96. The van der Waals surface area contributed by atoms with Gasteiger partial charge in [-0.15, -0.1) is 0 Å². The van der Waals surface area contributed by atoms with Gasteiger partial charge >= 0.3 is 5.97 Å². The molecule has 0 unspecified atom stereocenters. The number of primary amides is 1. The molecule has 3 rings (SSSR count). The fourth-order valence-corrected chi connectivity index (χ4v) is 1.90. The molecule has 0 spiro atoms. The number of rotatable bonds is 3. The van der Waals surface area contributed by atoms with E-state index in [1.807, 2.05) is 0 Å². The molecule has 0 fully saturated rings. The largest absolute Gasteiger partial charge is 0.475 e. The topological polar surface area (TPSA) is 124 Å². The molecule has 8 nitrogen and oxygen atoms in total. The van der Waals surface area contributed by atoms with Gasteiger partial charge in [0.05, 0.1) is 17.3 Å². The van der Waals surface area contributed by atoms with Crippen LogP contribution in [0.3, 0.4) is 0 Å². The molecule has 1 aromatic carbocycles. The second-order valence-electron chi connectivity index (χ2n) is 4.23. The van der Waals surface area contributed by atoms with E-state index in [1.165, 1.54) is 17.1 Å². The molecule has 0 aliphatic rings. The van der Waals surface area contributed by atoms with Gasteiger partial charge in [-0.3, -0.25) is 4.79 Å². The maximum atomic E-state index is 11.1. The van der Waals surface area contributed by atoms with Crippen molar-refractivity contribution in [2.75, 3.05) is 0 Å². The highest BCUT2D eigenvalue weighted by Gasteiger charge is 2.15. The third-order valence-electron chi connectivity index (χ3n) is 2.86. The Kier molecular flexibility index (Phi) is 2.83. The van der Waals surface area contributed by atoms with E-state index in [-0.39, 0.29) is 17.2 Å². The van der Waals surface area contributed by atoms with Crippen LogP contribution in [0.15, 0.2) is 36.7 Å². The first kappa shape index (κ1) is 12.7. The van der Waals surface area contributed by atoms with Crippen LogP contribution in [0, 0.1) is 0 Å². The number of benzene rings is 1. The minimum absolute atomic E-state index is 0.203. The Morgan fingerprint density at radius 2 is 1.95 bits per heavy atom. The fourth-order valence-electron chi connectivity index (χ4n) is 1.90. The molecule has 21 heavy (non-hydrogen) atoms. The minimum Gasteiger partial charge on any atom is -0.475 e. The third kappa shape index (κ3) is 2.18. The van der Waals surface area contributed by atoms with Gasteiger partial charge in [-0.05, 0) is 12.1 Å². The van der Waals surface area contributed by atoms with Gasteiger partial charge < -0.3 is 10.8 Å². The number of fused-ring (bicyclic) bond motifs is 1. The number of carbonyl (C=O) groups excluding carboxylic acids is 1. The predicted octanol–water partition coefficient (Wildman–Crippen LogP) is 0.613. The second-order valence-corrected chi connectivity index (χ2v) is 4.23. The Labute approximate surface area is 117 Å². The Hall–Kier alpha value is -3.29. The molecule has 2 aromatic heterocycles. The first-order valence-corrected chi connectivity index (χ1v) is 5.91. The first-order chi connectivity index (χ1) is 10.1. The van der Waals surface area contributed by atoms with Crippen LogP contribution in [0.25, 0.3) is 16.7 Å². The molecule has 0 aliphatic carbocycles. The number of carboxylic acids is 1. The molecule has 1 amide bonds. The number of nitrogens with two attached hydrogens (primary N) is 1. The lowest BCUT2D eigenvalue weighted by Gasteiger charge is -2.06. The normalized spacial score (nSPS) is 10.7. The van der Waals surface area contributed by atoms with Crippen molar-refractivity contribution in [3.63, 3.8) is 0 Å². The van der Waals surface area contributed by atoms with Gasteiger partial charge in [0.15, 0.2) is 5.82 Å². The van der Waals surface area contributed by atoms with Crippen molar-refractivity contribution in [1.82, 2.24) is 19.7 Å². The number of carboxylic acid groups (broad SMARTS) is 1. The molecule has 3 N–H and O–H groups in total. The van der Waals surface area contributed by atoms with E-state index < -0.39 is 11.9 Å². The quantitative estimate of drug-likeness (QED) is 0.725. The zero-order chi connectivity index (χ0) is 15.0. The van der Waals surface area contributed by atoms with E-state index in [0.29, 0.717) is 10.9 Å².